The van der Waals surface area contributed by atoms with Crippen molar-refractivity contribution in [3.8, 4) is 0 Å². The van der Waals surface area contributed by atoms with Crippen LogP contribution in [0.1, 0.15) is 19.3 Å². The molecule has 4 N–H and O–H groups in total. The van der Waals surface area contributed by atoms with E-state index in [1.54, 1.807) is 0 Å². The molecule has 1 saturated carbocycles. The molecule has 0 heterocycles. The van der Waals surface area contributed by atoms with Crippen LogP contribution < -0.4 is 11.3 Å². The maximum Gasteiger partial charge on any atom is 0.235 e. The third-order valence-corrected chi connectivity index (χ3v) is 2.66. The first-order valence-electron chi connectivity index (χ1n) is 4.98. The van der Waals surface area contributed by atoms with Crippen molar-refractivity contribution in [3.63, 3.8) is 0 Å². The molecule has 5 nitrogen and oxygen atoms in total. The fourth-order valence-corrected chi connectivity index (χ4v) is 1.75. The van der Waals surface area contributed by atoms with Crippen LogP contribution in [-0.2, 0) is 4.79 Å². The fourth-order valence-electron chi connectivity index (χ4n) is 1.75. The van der Waals surface area contributed by atoms with Gasteiger partial charge in [0.05, 0.1) is 6.10 Å². The maximum absolute atomic E-state index is 10.8. The summed E-state index contributed by atoms with van der Waals surface area (Å²) in [5.74, 6) is 5.42. The third-order valence-electron chi connectivity index (χ3n) is 2.66. The molecule has 1 fully saturated rings. The van der Waals surface area contributed by atoms with Gasteiger partial charge in [0.1, 0.15) is 0 Å². The summed E-state index contributed by atoms with van der Waals surface area (Å²) in [6, 6.07) is 0. The molecule has 0 atom stereocenters. The Kier molecular flexibility index (Phi) is 4.31. The number of hydrogen-bond donors (Lipinski definition) is 3. The number of carbonyl (C=O) groups excluding carboxylic acids is 1. The smallest absolute Gasteiger partial charge is 0.235 e. The lowest BCUT2D eigenvalue weighted by atomic mass is 9.82. The molecule has 0 radical (unpaired) electrons. The number of rotatable bonds is 5. The highest BCUT2D eigenvalue weighted by molar-refractivity contribution is 5.75. The van der Waals surface area contributed by atoms with Crippen LogP contribution in [0.4, 0.5) is 0 Å². The number of nitrogens with two attached hydrogens (primary N) is 1. The fraction of sp³-hybridized carbons (Fsp3) is 0.889. The maximum atomic E-state index is 10.8. The van der Waals surface area contributed by atoms with Crippen molar-refractivity contribution in [1.82, 2.24) is 10.3 Å². The predicted octanol–water partition coefficient (Wildman–Crippen LogP) is -0.931. The molecule has 82 valence electrons. The minimum absolute atomic E-state index is 0.0965. The van der Waals surface area contributed by atoms with Gasteiger partial charge in [-0.15, -0.1) is 0 Å². The van der Waals surface area contributed by atoms with Gasteiger partial charge in [0.2, 0.25) is 5.91 Å². The third kappa shape index (κ3) is 3.61. The lowest BCUT2D eigenvalue weighted by Gasteiger charge is -2.34. The number of nitrogens with zero attached hydrogens (tertiary/aromatic N) is 1. The van der Waals surface area contributed by atoms with Gasteiger partial charge in [0, 0.05) is 19.5 Å². The highest BCUT2D eigenvalue weighted by Gasteiger charge is 2.27. The predicted molar refractivity (Wildman–Crippen MR) is 53.2 cm³/mol. The Balaban J connectivity index is 2.04. The van der Waals surface area contributed by atoms with Crippen molar-refractivity contribution in [2.75, 3.05) is 20.1 Å². The van der Waals surface area contributed by atoms with Crippen molar-refractivity contribution in [3.05, 3.63) is 0 Å². The van der Waals surface area contributed by atoms with Crippen LogP contribution in [0.5, 0.6) is 0 Å². The van der Waals surface area contributed by atoms with Gasteiger partial charge in [0.15, 0.2) is 0 Å². The average Bonchev–Trinajstić information content (AvgIpc) is 2.11. The first kappa shape index (κ1) is 11.4. The summed E-state index contributed by atoms with van der Waals surface area (Å²) in [7, 11) is 1.98. The van der Waals surface area contributed by atoms with Crippen molar-refractivity contribution >= 4 is 5.91 Å². The summed E-state index contributed by atoms with van der Waals surface area (Å²) in [6.45, 7) is 1.67. The van der Waals surface area contributed by atoms with Gasteiger partial charge in [-0.2, -0.15) is 0 Å². The highest BCUT2D eigenvalue weighted by atomic mass is 16.3. The van der Waals surface area contributed by atoms with E-state index in [1.165, 1.54) is 0 Å². The molecular formula is C9H19N3O2. The van der Waals surface area contributed by atoms with E-state index in [0.717, 1.165) is 25.9 Å². The Morgan fingerprint density at radius 3 is 2.79 bits per heavy atom. The molecule has 0 aromatic rings. The number of hydrazine groups is 1. The zero-order chi connectivity index (χ0) is 10.6. The lowest BCUT2D eigenvalue weighted by Crippen LogP contribution is -2.39. The number of hydrogen-bond acceptors (Lipinski definition) is 4. The molecule has 1 aliphatic rings. The molecule has 0 spiro atoms. The first-order chi connectivity index (χ1) is 6.61. The van der Waals surface area contributed by atoms with Gasteiger partial charge < -0.3 is 10.0 Å². The minimum Gasteiger partial charge on any atom is -0.393 e. The van der Waals surface area contributed by atoms with E-state index in [4.69, 9.17) is 10.9 Å². The topological polar surface area (TPSA) is 78.6 Å². The Bertz CT molecular complexity index is 192. The van der Waals surface area contributed by atoms with Crippen LogP contribution >= 0.6 is 0 Å². The second-order valence-electron chi connectivity index (χ2n) is 4.07. The number of nitrogens with one attached hydrogen (secondary N) is 1. The molecule has 0 saturated heterocycles. The van der Waals surface area contributed by atoms with Gasteiger partial charge in [-0.3, -0.25) is 10.2 Å². The Hall–Kier alpha value is -0.650. The zero-order valence-corrected chi connectivity index (χ0v) is 8.57. The SMILES string of the molecule is CN(CCC(=O)NN)CC1CC(O)C1. The van der Waals surface area contributed by atoms with E-state index in [0.29, 0.717) is 12.3 Å². The standard InChI is InChI=1S/C9H19N3O2/c1-12(3-2-9(14)11-10)6-7-4-8(13)5-7/h7-8,13H,2-6,10H2,1H3,(H,11,14). The van der Waals surface area contributed by atoms with Gasteiger partial charge in [-0.1, -0.05) is 0 Å². The molecular weight excluding hydrogens is 182 g/mol. The largest absolute Gasteiger partial charge is 0.393 e. The molecule has 0 aliphatic heterocycles. The van der Waals surface area contributed by atoms with Gasteiger partial charge in [0.25, 0.3) is 0 Å². The lowest BCUT2D eigenvalue weighted by molar-refractivity contribution is -0.121. The number of carbonyl (C=O) groups is 1. The van der Waals surface area contributed by atoms with Crippen molar-refractivity contribution in [2.45, 2.75) is 25.4 Å². The summed E-state index contributed by atoms with van der Waals surface area (Å²) in [6.07, 6.45) is 2.13. The summed E-state index contributed by atoms with van der Waals surface area (Å²) in [5, 5.41) is 9.09. The average molecular weight is 201 g/mol. The van der Waals surface area contributed by atoms with E-state index in [-0.39, 0.29) is 12.0 Å². The molecule has 0 unspecified atom stereocenters. The Labute approximate surface area is 84.2 Å². The molecule has 0 bridgehead atoms. The van der Waals surface area contributed by atoms with Crippen LogP contribution in [0.2, 0.25) is 0 Å². The summed E-state index contributed by atoms with van der Waals surface area (Å²) >= 11 is 0. The molecule has 1 amide bonds. The summed E-state index contributed by atoms with van der Waals surface area (Å²) in [5.41, 5.74) is 2.10. The summed E-state index contributed by atoms with van der Waals surface area (Å²) < 4.78 is 0. The Morgan fingerprint density at radius 2 is 2.29 bits per heavy atom. The van der Waals surface area contributed by atoms with E-state index in [2.05, 4.69) is 10.3 Å². The minimum atomic E-state index is -0.134. The van der Waals surface area contributed by atoms with E-state index in [1.807, 2.05) is 7.05 Å². The molecule has 1 rings (SSSR count). The van der Waals surface area contributed by atoms with E-state index in [9.17, 15) is 4.79 Å². The number of amides is 1. The molecule has 0 aromatic carbocycles. The van der Waals surface area contributed by atoms with Crippen LogP contribution in [0.3, 0.4) is 0 Å². The zero-order valence-electron chi connectivity index (χ0n) is 8.57. The number of aliphatic hydroxyl groups excluding tert-OH is 1. The van der Waals surface area contributed by atoms with Gasteiger partial charge >= 0.3 is 0 Å². The Morgan fingerprint density at radius 1 is 1.64 bits per heavy atom. The van der Waals surface area contributed by atoms with Crippen LogP contribution in [0.25, 0.3) is 0 Å². The number of aliphatic hydroxyl groups is 1. The van der Waals surface area contributed by atoms with Crippen LogP contribution in [0, 0.1) is 5.92 Å². The first-order valence-corrected chi connectivity index (χ1v) is 4.98. The van der Waals surface area contributed by atoms with Crippen LogP contribution in [0.15, 0.2) is 0 Å². The normalized spacial score (nSPS) is 26.0. The van der Waals surface area contributed by atoms with Gasteiger partial charge in [-0.05, 0) is 25.8 Å². The van der Waals surface area contributed by atoms with Crippen LogP contribution in [-0.4, -0.2) is 42.2 Å². The molecule has 1 aliphatic carbocycles. The van der Waals surface area contributed by atoms with Crippen molar-refractivity contribution < 1.29 is 9.90 Å². The second-order valence-corrected chi connectivity index (χ2v) is 4.07. The monoisotopic (exact) mass is 201 g/mol. The summed E-state index contributed by atoms with van der Waals surface area (Å²) in [4.78, 5) is 12.9. The van der Waals surface area contributed by atoms with E-state index < -0.39 is 0 Å². The molecule has 14 heavy (non-hydrogen) atoms. The highest BCUT2D eigenvalue weighted by Crippen LogP contribution is 2.27. The molecule has 0 aromatic heterocycles. The quantitative estimate of drug-likeness (QED) is 0.305. The molecule has 5 heteroatoms. The second kappa shape index (κ2) is 5.29. The van der Waals surface area contributed by atoms with Crippen molar-refractivity contribution in [1.29, 1.82) is 0 Å². The van der Waals surface area contributed by atoms with Crippen molar-refractivity contribution in [2.24, 2.45) is 11.8 Å². The van der Waals surface area contributed by atoms with Gasteiger partial charge in [-0.25, -0.2) is 5.84 Å². The van der Waals surface area contributed by atoms with E-state index >= 15 is 0 Å².